The molecular formula is C50H59Cl2N2PRu+2. The molecule has 0 amide bonds. The van der Waals surface area contributed by atoms with Gasteiger partial charge in [-0.05, 0) is 148 Å². The number of hydrogen-bond acceptors (Lipinski definition) is 2. The van der Waals surface area contributed by atoms with E-state index in [1.165, 1.54) is 142 Å². The minimum Gasteiger partial charge on any atom is -0.301 e. The van der Waals surface area contributed by atoms with Crippen LogP contribution in [0.4, 0.5) is 11.4 Å². The van der Waals surface area contributed by atoms with Crippen molar-refractivity contribution in [1.82, 2.24) is 0 Å². The van der Waals surface area contributed by atoms with Crippen LogP contribution < -0.4 is 9.80 Å². The van der Waals surface area contributed by atoms with Crippen LogP contribution in [-0.4, -0.2) is 21.3 Å². The average Bonchev–Trinajstić information content (AvgIpc) is 3.56. The van der Waals surface area contributed by atoms with Gasteiger partial charge in [0.1, 0.15) is 5.82 Å². The smallest absolute Gasteiger partial charge is 0.301 e. The quantitative estimate of drug-likeness (QED) is 0.108. The Bertz CT molecular complexity index is 2040. The summed E-state index contributed by atoms with van der Waals surface area (Å²) in [6.07, 6.45) is 22.1. The van der Waals surface area contributed by atoms with Crippen LogP contribution in [0.2, 0.25) is 0 Å². The van der Waals surface area contributed by atoms with Crippen molar-refractivity contribution in [3.63, 3.8) is 0 Å². The number of benzene rings is 4. The van der Waals surface area contributed by atoms with E-state index in [0.29, 0.717) is 11.3 Å². The molecule has 4 aromatic carbocycles. The molecule has 3 aliphatic carbocycles. The van der Waals surface area contributed by atoms with Gasteiger partial charge in [0, 0.05) is 18.0 Å². The van der Waals surface area contributed by atoms with Crippen LogP contribution in [0.1, 0.15) is 116 Å². The molecule has 2 atom stereocenters. The molecule has 8 rings (SSSR count). The maximum absolute atomic E-state index is 8.88. The molecule has 0 bridgehead atoms. The SMILES string of the molecule is Cc1cc(C)c(N2C=CN(c3c(C)cc(C)cc3C)C2=C2C(=Cc3ccc4ccccc4c3)C(Cl)CCC2(Cl)P(C2CCCCC2)C2CCCCC2)c(C)c1.[Ru+2]. The van der Waals surface area contributed by atoms with E-state index in [0.717, 1.165) is 12.8 Å². The molecule has 294 valence electrons. The van der Waals surface area contributed by atoms with Gasteiger partial charge in [-0.2, -0.15) is 0 Å². The van der Waals surface area contributed by atoms with Crippen molar-refractivity contribution in [2.45, 2.75) is 140 Å². The molecule has 3 fully saturated rings. The summed E-state index contributed by atoms with van der Waals surface area (Å²) < 4.78 is -0.524. The summed E-state index contributed by atoms with van der Waals surface area (Å²) in [4.78, 5) is 5.02. The number of halogens is 2. The number of anilines is 2. The molecule has 3 saturated carbocycles. The van der Waals surface area contributed by atoms with Gasteiger partial charge in [0.25, 0.3) is 0 Å². The molecule has 0 N–H and O–H groups in total. The van der Waals surface area contributed by atoms with Crippen molar-refractivity contribution in [2.75, 3.05) is 9.80 Å². The molecule has 2 unspecified atom stereocenters. The molecule has 0 aromatic heterocycles. The summed E-state index contributed by atoms with van der Waals surface area (Å²) in [6.45, 7) is 13.5. The standard InChI is InChI=1S/C50H59Cl2N2P.Ru/c1-33-27-35(3)47(36(4)28-33)53-25-26-54(48-37(5)29-34(2)30-38(48)6)49(53)46-44(32-39-21-22-40-15-13-14-16-41(40)31-39)45(51)23-24-50(46,52)55(42-17-9-7-10-18-42)43-19-11-8-12-20-43;/h13-16,21-22,25-32,42-43,45H,7-12,17-20,23-24H2,1-6H3;/q;+2. The van der Waals surface area contributed by atoms with Crippen molar-refractivity contribution in [2.24, 2.45) is 0 Å². The monoisotopic (exact) mass is 890 g/mol. The first kappa shape index (κ1) is 41.7. The fourth-order valence-electron chi connectivity index (χ4n) is 10.9. The van der Waals surface area contributed by atoms with Crippen molar-refractivity contribution < 1.29 is 19.5 Å². The summed E-state index contributed by atoms with van der Waals surface area (Å²) in [5, 5.41) is 2.35. The third kappa shape index (κ3) is 7.99. The Morgan fingerprint density at radius 3 is 1.61 bits per heavy atom. The Morgan fingerprint density at radius 1 is 0.625 bits per heavy atom. The first-order valence-electron chi connectivity index (χ1n) is 21.0. The second-order valence-electron chi connectivity index (χ2n) is 17.2. The number of hydrogen-bond donors (Lipinski definition) is 0. The van der Waals surface area contributed by atoms with E-state index in [1.54, 1.807) is 0 Å². The van der Waals surface area contributed by atoms with Crippen LogP contribution in [0.15, 0.2) is 96.1 Å². The maximum atomic E-state index is 8.88. The largest absolute Gasteiger partial charge is 2.00 e. The first-order chi connectivity index (χ1) is 26.5. The van der Waals surface area contributed by atoms with E-state index in [-0.39, 0.29) is 24.9 Å². The molecule has 4 aromatic rings. The predicted molar refractivity (Wildman–Crippen MR) is 242 cm³/mol. The molecule has 0 saturated heterocycles. The second-order valence-corrected chi connectivity index (χ2v) is 21.7. The van der Waals surface area contributed by atoms with Gasteiger partial charge < -0.3 is 9.80 Å². The fourth-order valence-corrected chi connectivity index (χ4v) is 16.8. The van der Waals surface area contributed by atoms with Crippen LogP contribution >= 0.6 is 31.1 Å². The van der Waals surface area contributed by atoms with E-state index >= 15 is 0 Å². The van der Waals surface area contributed by atoms with Gasteiger partial charge in [-0.1, -0.05) is 118 Å². The topological polar surface area (TPSA) is 6.48 Å². The van der Waals surface area contributed by atoms with Crippen LogP contribution in [-0.2, 0) is 19.5 Å². The van der Waals surface area contributed by atoms with E-state index in [2.05, 4.69) is 137 Å². The second kappa shape index (κ2) is 17.4. The zero-order valence-electron chi connectivity index (χ0n) is 34.3. The molecule has 0 radical (unpaired) electrons. The molecular weight excluding hydrogens is 832 g/mol. The van der Waals surface area contributed by atoms with Gasteiger partial charge in [-0.3, -0.25) is 0 Å². The van der Waals surface area contributed by atoms with Gasteiger partial charge in [0.15, 0.2) is 0 Å². The molecule has 4 aliphatic rings. The molecule has 1 aliphatic heterocycles. The number of aryl methyl sites for hydroxylation is 6. The number of nitrogens with zero attached hydrogens (tertiary/aromatic N) is 2. The minimum absolute atomic E-state index is 0. The number of alkyl halides is 2. The Morgan fingerprint density at radius 2 is 1.11 bits per heavy atom. The first-order valence-corrected chi connectivity index (χ1v) is 23.3. The molecule has 6 heteroatoms. The van der Waals surface area contributed by atoms with Gasteiger partial charge >= 0.3 is 19.5 Å². The third-order valence-electron chi connectivity index (χ3n) is 13.0. The van der Waals surface area contributed by atoms with Crippen molar-refractivity contribution in [3.05, 3.63) is 135 Å². The molecule has 0 spiro atoms. The summed E-state index contributed by atoms with van der Waals surface area (Å²) in [5.41, 5.74) is 15.2. The van der Waals surface area contributed by atoms with Crippen molar-refractivity contribution in [1.29, 1.82) is 0 Å². The zero-order chi connectivity index (χ0) is 38.4. The zero-order valence-corrected chi connectivity index (χ0v) is 38.4. The maximum Gasteiger partial charge on any atom is 2.00 e. The van der Waals surface area contributed by atoms with Crippen LogP contribution in [0.5, 0.6) is 0 Å². The van der Waals surface area contributed by atoms with Gasteiger partial charge in [-0.15, -0.1) is 23.2 Å². The van der Waals surface area contributed by atoms with E-state index < -0.39 is 12.5 Å². The Labute approximate surface area is 361 Å². The minimum atomic E-state index is -0.591. The Kier molecular flexibility index (Phi) is 13.0. The Hall–Kier alpha value is -2.41. The summed E-state index contributed by atoms with van der Waals surface area (Å²) in [7, 11) is -0.591. The van der Waals surface area contributed by atoms with Gasteiger partial charge in [0.05, 0.1) is 21.4 Å². The number of fused-ring (bicyclic) bond motifs is 1. The van der Waals surface area contributed by atoms with E-state index in [1.807, 2.05) is 0 Å². The van der Waals surface area contributed by atoms with Crippen molar-refractivity contribution >= 4 is 59.3 Å². The van der Waals surface area contributed by atoms with Crippen LogP contribution in [0, 0.1) is 41.5 Å². The summed E-state index contributed by atoms with van der Waals surface area (Å²) >= 11 is 16.7. The number of allylic oxidation sites excluding steroid dienone is 2. The molecule has 2 nitrogen and oxygen atoms in total. The van der Waals surface area contributed by atoms with E-state index in [9.17, 15) is 0 Å². The fraction of sp³-hybridized carbons (Fsp3) is 0.440. The average molecular weight is 891 g/mol. The normalized spacial score (nSPS) is 23.2. The van der Waals surface area contributed by atoms with Crippen LogP contribution in [0.3, 0.4) is 0 Å². The molecule has 56 heavy (non-hydrogen) atoms. The van der Waals surface area contributed by atoms with Gasteiger partial charge in [-0.25, -0.2) is 0 Å². The van der Waals surface area contributed by atoms with Gasteiger partial charge in [0.2, 0.25) is 0 Å². The van der Waals surface area contributed by atoms with Crippen molar-refractivity contribution in [3.8, 4) is 0 Å². The number of rotatable bonds is 6. The van der Waals surface area contributed by atoms with E-state index in [4.69, 9.17) is 23.2 Å². The Balaban J connectivity index is 0.00000480. The van der Waals surface area contributed by atoms with Crippen LogP contribution in [0.25, 0.3) is 16.8 Å². The summed E-state index contributed by atoms with van der Waals surface area (Å²) in [6, 6.07) is 24.9. The third-order valence-corrected chi connectivity index (χ3v) is 18.3. The predicted octanol–water partition coefficient (Wildman–Crippen LogP) is 15.3. The molecule has 1 heterocycles. The summed E-state index contributed by atoms with van der Waals surface area (Å²) in [5.74, 6) is 1.18.